The second-order valence-corrected chi connectivity index (χ2v) is 7.38. The highest BCUT2D eigenvalue weighted by Crippen LogP contribution is 2.19. The molecule has 11 heteroatoms. The highest BCUT2D eigenvalue weighted by atomic mass is 19.4. The van der Waals surface area contributed by atoms with Gasteiger partial charge in [0.1, 0.15) is 6.26 Å². The smallest absolute Gasteiger partial charge is 0.475 e. The maximum Gasteiger partial charge on any atom is 0.490 e. The molecule has 0 unspecified atom stereocenters. The van der Waals surface area contributed by atoms with Crippen LogP contribution in [0.1, 0.15) is 34.4 Å². The summed E-state index contributed by atoms with van der Waals surface area (Å²) in [5.41, 5.74) is 9.03. The van der Waals surface area contributed by atoms with E-state index in [0.29, 0.717) is 18.0 Å². The van der Waals surface area contributed by atoms with Crippen LogP contribution in [0.2, 0.25) is 0 Å². The number of para-hydroxylation sites is 1. The number of fused-ring (bicyclic) bond motifs is 1. The van der Waals surface area contributed by atoms with E-state index < -0.39 is 12.1 Å². The number of anilines is 1. The number of nitrogens with zero attached hydrogens (tertiary/aromatic N) is 2. The van der Waals surface area contributed by atoms with Gasteiger partial charge in [-0.15, -0.1) is 0 Å². The largest absolute Gasteiger partial charge is 0.490 e. The number of nitrogens with two attached hydrogens (primary N) is 1. The molecule has 182 valence electrons. The average Bonchev–Trinajstić information content (AvgIpc) is 3.34. The van der Waals surface area contributed by atoms with E-state index in [-0.39, 0.29) is 17.6 Å². The number of aromatic nitrogens is 2. The van der Waals surface area contributed by atoms with Gasteiger partial charge in [0, 0.05) is 5.39 Å². The lowest BCUT2D eigenvalue weighted by Gasteiger charge is -2.07. The number of pyridine rings is 1. The minimum absolute atomic E-state index is 0.193. The van der Waals surface area contributed by atoms with Gasteiger partial charge in [0.25, 0.3) is 5.91 Å². The number of carboxylic acid groups (broad SMARTS) is 1. The third-order valence-corrected chi connectivity index (χ3v) is 4.75. The van der Waals surface area contributed by atoms with E-state index in [1.807, 2.05) is 48.5 Å². The highest BCUT2D eigenvalue weighted by Gasteiger charge is 2.38. The topological polar surface area (TPSA) is 131 Å². The number of rotatable bonds is 6. The van der Waals surface area contributed by atoms with Gasteiger partial charge in [-0.2, -0.15) is 13.2 Å². The summed E-state index contributed by atoms with van der Waals surface area (Å²) in [6.07, 6.45) is -0.636. The molecule has 0 saturated carbocycles. The molecule has 4 aromatic rings. The zero-order valence-electron chi connectivity index (χ0n) is 18.2. The van der Waals surface area contributed by atoms with Crippen LogP contribution in [-0.2, 0) is 11.2 Å². The first-order chi connectivity index (χ1) is 16.6. The Balaban J connectivity index is 0.000000429. The summed E-state index contributed by atoms with van der Waals surface area (Å²) in [7, 11) is 0. The number of carboxylic acids is 1. The van der Waals surface area contributed by atoms with Crippen molar-refractivity contribution < 1.29 is 32.3 Å². The average molecular weight is 486 g/mol. The molecule has 8 nitrogen and oxygen atoms in total. The van der Waals surface area contributed by atoms with Crippen LogP contribution in [0.25, 0.3) is 10.9 Å². The van der Waals surface area contributed by atoms with Gasteiger partial charge in [-0.25, -0.2) is 9.78 Å². The molecule has 4 N–H and O–H groups in total. The van der Waals surface area contributed by atoms with Gasteiger partial charge in [-0.1, -0.05) is 48.5 Å². The number of alkyl halides is 3. The summed E-state index contributed by atoms with van der Waals surface area (Å²) in [6.45, 7) is 0. The molecule has 0 radical (unpaired) electrons. The van der Waals surface area contributed by atoms with Gasteiger partial charge < -0.3 is 20.6 Å². The zero-order chi connectivity index (χ0) is 25.4. The second-order valence-electron chi connectivity index (χ2n) is 7.38. The molecule has 0 spiro atoms. The van der Waals surface area contributed by atoms with Gasteiger partial charge >= 0.3 is 12.1 Å². The maximum atomic E-state index is 12.5. The first kappa shape index (κ1) is 25.4. The van der Waals surface area contributed by atoms with E-state index in [1.165, 1.54) is 11.8 Å². The number of nitrogens with one attached hydrogen (secondary N) is 1. The van der Waals surface area contributed by atoms with E-state index in [1.54, 1.807) is 6.20 Å². The molecule has 0 saturated heterocycles. The van der Waals surface area contributed by atoms with E-state index >= 15 is 0 Å². The van der Waals surface area contributed by atoms with E-state index in [9.17, 15) is 18.0 Å². The van der Waals surface area contributed by atoms with Crippen LogP contribution in [0.15, 0.2) is 77.5 Å². The molecule has 1 amide bonds. The standard InChI is InChI=1S/C22H20N4O2.C2HF3O2/c23-18(11-10-15-6-2-1-3-7-15)22-26-20(14-28-22)21(27)25-17-12-16-8-4-5-9-19(16)24-13-17;3-2(4,5)1(6)7/h1-9,12-14,18H,10-11,23H2,(H,25,27);(H,6,7)/t18-;/m1./s1. The molecule has 35 heavy (non-hydrogen) atoms. The Kier molecular flexibility index (Phi) is 8.16. The van der Waals surface area contributed by atoms with Crippen molar-refractivity contribution in [2.75, 3.05) is 5.32 Å². The Bertz CT molecular complexity index is 1290. The molecule has 0 aliphatic rings. The molecular formula is C24H21F3N4O4. The molecule has 0 aliphatic heterocycles. The summed E-state index contributed by atoms with van der Waals surface area (Å²) in [5.74, 6) is -2.76. The molecule has 2 heterocycles. The van der Waals surface area contributed by atoms with Crippen LogP contribution in [0.4, 0.5) is 18.9 Å². The second kappa shape index (κ2) is 11.3. The maximum absolute atomic E-state index is 12.5. The lowest BCUT2D eigenvalue weighted by atomic mass is 10.1. The SMILES string of the molecule is N[C@H](CCc1ccccc1)c1nc(C(=O)Nc2cnc3ccccc3c2)co1.O=C(O)C(F)(F)F. The predicted octanol–water partition coefficient (Wildman–Crippen LogP) is 4.74. The Hall–Kier alpha value is -4.25. The van der Waals surface area contributed by atoms with Crippen LogP contribution >= 0.6 is 0 Å². The fraction of sp³-hybridized carbons (Fsp3) is 0.167. The number of hydrogen-bond acceptors (Lipinski definition) is 6. The minimum atomic E-state index is -5.08. The summed E-state index contributed by atoms with van der Waals surface area (Å²) in [5, 5.41) is 10.9. The molecular weight excluding hydrogens is 465 g/mol. The quantitative estimate of drug-likeness (QED) is 0.359. The number of halogens is 3. The third-order valence-electron chi connectivity index (χ3n) is 4.75. The number of oxazole rings is 1. The van der Waals surface area contributed by atoms with Gasteiger partial charge in [0.15, 0.2) is 5.69 Å². The number of carbonyl (C=O) groups excluding carboxylic acids is 1. The van der Waals surface area contributed by atoms with Gasteiger partial charge in [0.05, 0.1) is 23.4 Å². The molecule has 2 aromatic heterocycles. The van der Waals surface area contributed by atoms with Crippen molar-refractivity contribution in [1.82, 2.24) is 9.97 Å². The lowest BCUT2D eigenvalue weighted by Crippen LogP contribution is -2.21. The van der Waals surface area contributed by atoms with Crippen LogP contribution < -0.4 is 11.1 Å². The van der Waals surface area contributed by atoms with Crippen molar-refractivity contribution in [3.63, 3.8) is 0 Å². The van der Waals surface area contributed by atoms with Crippen molar-refractivity contribution in [2.24, 2.45) is 5.73 Å². The van der Waals surface area contributed by atoms with Crippen LogP contribution in [0.5, 0.6) is 0 Å². The Morgan fingerprint density at radius 3 is 2.43 bits per heavy atom. The third kappa shape index (κ3) is 7.37. The van der Waals surface area contributed by atoms with Gasteiger partial charge in [-0.05, 0) is 30.5 Å². The molecule has 2 aromatic carbocycles. The number of carbonyl (C=O) groups is 2. The van der Waals surface area contributed by atoms with E-state index in [0.717, 1.165) is 17.3 Å². The number of benzene rings is 2. The fourth-order valence-electron chi connectivity index (χ4n) is 2.99. The first-order valence-corrected chi connectivity index (χ1v) is 10.3. The molecule has 0 fully saturated rings. The summed E-state index contributed by atoms with van der Waals surface area (Å²) >= 11 is 0. The Morgan fingerprint density at radius 1 is 1.09 bits per heavy atom. The van der Waals surface area contributed by atoms with Crippen molar-refractivity contribution in [2.45, 2.75) is 25.1 Å². The lowest BCUT2D eigenvalue weighted by molar-refractivity contribution is -0.192. The Labute approximate surface area is 197 Å². The van der Waals surface area contributed by atoms with Crippen molar-refractivity contribution >= 4 is 28.5 Å². The van der Waals surface area contributed by atoms with Crippen molar-refractivity contribution in [1.29, 1.82) is 0 Å². The van der Waals surface area contributed by atoms with Gasteiger partial charge in [0.2, 0.25) is 5.89 Å². The highest BCUT2D eigenvalue weighted by molar-refractivity contribution is 6.03. The van der Waals surface area contributed by atoms with Crippen LogP contribution in [-0.4, -0.2) is 33.1 Å². The molecule has 0 aliphatic carbocycles. The number of hydrogen-bond donors (Lipinski definition) is 3. The molecule has 4 rings (SSSR count). The molecule has 0 bridgehead atoms. The summed E-state index contributed by atoms with van der Waals surface area (Å²) in [6, 6.07) is 19.3. The van der Waals surface area contributed by atoms with Crippen LogP contribution in [0, 0.1) is 0 Å². The number of amides is 1. The zero-order valence-corrected chi connectivity index (χ0v) is 18.2. The summed E-state index contributed by atoms with van der Waals surface area (Å²) in [4.78, 5) is 30.0. The normalized spacial score (nSPS) is 11.9. The first-order valence-electron chi connectivity index (χ1n) is 10.3. The number of aryl methyl sites for hydroxylation is 1. The van der Waals surface area contributed by atoms with Crippen molar-refractivity contribution in [3.05, 3.63) is 90.3 Å². The van der Waals surface area contributed by atoms with Crippen LogP contribution in [0.3, 0.4) is 0 Å². The van der Waals surface area contributed by atoms with Crippen molar-refractivity contribution in [3.8, 4) is 0 Å². The fourth-order valence-corrected chi connectivity index (χ4v) is 2.99. The monoisotopic (exact) mass is 486 g/mol. The Morgan fingerprint density at radius 2 is 1.74 bits per heavy atom. The minimum Gasteiger partial charge on any atom is -0.475 e. The predicted molar refractivity (Wildman–Crippen MR) is 122 cm³/mol. The van der Waals surface area contributed by atoms with Gasteiger partial charge in [-0.3, -0.25) is 9.78 Å². The molecule has 1 atom stereocenters. The number of aliphatic carboxylic acids is 1. The summed E-state index contributed by atoms with van der Waals surface area (Å²) < 4.78 is 37.2. The van der Waals surface area contributed by atoms with E-state index in [2.05, 4.69) is 27.4 Å². The van der Waals surface area contributed by atoms with E-state index in [4.69, 9.17) is 20.1 Å².